The quantitative estimate of drug-likeness (QED) is 0.368. The zero-order valence-electron chi connectivity index (χ0n) is 14.5. The van der Waals surface area contributed by atoms with Crippen LogP contribution in [-0.2, 0) is 16.3 Å². The summed E-state index contributed by atoms with van der Waals surface area (Å²) in [6, 6.07) is 11.3. The van der Waals surface area contributed by atoms with E-state index in [1.807, 2.05) is 18.2 Å². The molecule has 2 rings (SSSR count). The fourth-order valence-electron chi connectivity index (χ4n) is 2.24. The molecule has 1 unspecified atom stereocenters. The average molecular weight is 493 g/mol. The van der Waals surface area contributed by atoms with Crippen LogP contribution in [0.3, 0.4) is 0 Å². The van der Waals surface area contributed by atoms with Gasteiger partial charge in [0.15, 0.2) is 15.8 Å². The van der Waals surface area contributed by atoms with Gasteiger partial charge in [-0.1, -0.05) is 18.2 Å². The number of guanidine groups is 1. The molecule has 8 heteroatoms. The van der Waals surface area contributed by atoms with Crippen molar-refractivity contribution in [2.24, 2.45) is 4.99 Å². The average Bonchev–Trinajstić information content (AvgIpc) is 3.08. The molecule has 2 aromatic rings. The molecule has 0 saturated carbocycles. The molecule has 2 N–H and O–H groups in total. The van der Waals surface area contributed by atoms with Crippen molar-refractivity contribution in [1.82, 2.24) is 10.6 Å². The number of rotatable bonds is 6. The molecule has 0 aliphatic heterocycles. The van der Waals surface area contributed by atoms with Crippen molar-refractivity contribution in [2.75, 3.05) is 19.8 Å². The molecule has 0 aliphatic carbocycles. The third kappa shape index (κ3) is 6.95. The van der Waals surface area contributed by atoms with Gasteiger partial charge in [-0.3, -0.25) is 4.99 Å². The van der Waals surface area contributed by atoms with Gasteiger partial charge in [0.2, 0.25) is 0 Å². The first-order valence-electron chi connectivity index (χ1n) is 7.69. The molecular weight excluding hydrogens is 469 g/mol. The van der Waals surface area contributed by atoms with Crippen LogP contribution in [0.25, 0.3) is 0 Å². The van der Waals surface area contributed by atoms with Gasteiger partial charge in [-0.25, -0.2) is 8.42 Å². The molecule has 5 nitrogen and oxygen atoms in total. The van der Waals surface area contributed by atoms with Gasteiger partial charge in [0.1, 0.15) is 0 Å². The minimum atomic E-state index is -3.14. The maximum absolute atomic E-state index is 11.5. The van der Waals surface area contributed by atoms with Crippen LogP contribution in [0.2, 0.25) is 0 Å². The Morgan fingerprint density at radius 3 is 2.44 bits per heavy atom. The molecule has 0 amide bonds. The molecule has 0 spiro atoms. The van der Waals surface area contributed by atoms with Crippen LogP contribution in [0.15, 0.2) is 51.7 Å². The van der Waals surface area contributed by atoms with Crippen LogP contribution in [-0.4, -0.2) is 34.2 Å². The van der Waals surface area contributed by atoms with Gasteiger partial charge in [-0.15, -0.1) is 35.3 Å². The second-order valence-corrected chi connectivity index (χ2v) is 8.54. The molecule has 1 aromatic heterocycles. The number of thiophene rings is 1. The molecule has 138 valence electrons. The van der Waals surface area contributed by atoms with Gasteiger partial charge < -0.3 is 10.6 Å². The highest BCUT2D eigenvalue weighted by molar-refractivity contribution is 14.0. The van der Waals surface area contributed by atoms with Crippen molar-refractivity contribution in [1.29, 1.82) is 0 Å². The van der Waals surface area contributed by atoms with Crippen molar-refractivity contribution in [3.8, 4) is 0 Å². The predicted octanol–water partition coefficient (Wildman–Crippen LogP) is 3.24. The Balaban J connectivity index is 0.00000312. The monoisotopic (exact) mass is 493 g/mol. The Morgan fingerprint density at radius 1 is 1.24 bits per heavy atom. The van der Waals surface area contributed by atoms with E-state index in [9.17, 15) is 8.42 Å². The lowest BCUT2D eigenvalue weighted by Gasteiger charge is -2.17. The number of aliphatic imine (C=N–C) groups is 1. The molecule has 1 atom stereocenters. The third-order valence-corrected chi connectivity index (χ3v) is 5.79. The lowest BCUT2D eigenvalue weighted by Crippen LogP contribution is -2.39. The van der Waals surface area contributed by atoms with Gasteiger partial charge in [0.25, 0.3) is 0 Å². The summed E-state index contributed by atoms with van der Waals surface area (Å²) in [6.45, 7) is 2.82. The lowest BCUT2D eigenvalue weighted by atomic mass is 10.1. The second-order valence-electron chi connectivity index (χ2n) is 5.55. The number of halogens is 1. The van der Waals surface area contributed by atoms with Crippen molar-refractivity contribution in [3.63, 3.8) is 0 Å². The fourth-order valence-corrected chi connectivity index (χ4v) is 3.60. The maximum Gasteiger partial charge on any atom is 0.191 e. The van der Waals surface area contributed by atoms with E-state index in [0.717, 1.165) is 24.5 Å². The summed E-state index contributed by atoms with van der Waals surface area (Å²) in [5.74, 6) is 0.753. The largest absolute Gasteiger partial charge is 0.356 e. The molecule has 0 aliphatic rings. The van der Waals surface area contributed by atoms with Crippen LogP contribution in [0.4, 0.5) is 0 Å². The zero-order valence-corrected chi connectivity index (χ0v) is 18.5. The van der Waals surface area contributed by atoms with Crippen molar-refractivity contribution < 1.29 is 8.42 Å². The Morgan fingerprint density at radius 2 is 1.92 bits per heavy atom. The molecule has 0 radical (unpaired) electrons. The molecule has 25 heavy (non-hydrogen) atoms. The van der Waals surface area contributed by atoms with Crippen LogP contribution in [0, 0.1) is 0 Å². The van der Waals surface area contributed by atoms with Crippen LogP contribution in [0.1, 0.15) is 23.4 Å². The number of hydrogen-bond acceptors (Lipinski definition) is 4. The topological polar surface area (TPSA) is 70.6 Å². The van der Waals surface area contributed by atoms with Gasteiger partial charge >= 0.3 is 0 Å². The summed E-state index contributed by atoms with van der Waals surface area (Å²) in [5.41, 5.74) is 1.08. The second kappa shape index (κ2) is 10.1. The summed E-state index contributed by atoms with van der Waals surface area (Å²) in [5, 5.41) is 8.69. The Bertz CT molecular complexity index is 773. The Labute approximate surface area is 170 Å². The number of benzene rings is 1. The van der Waals surface area contributed by atoms with Crippen molar-refractivity contribution in [2.45, 2.75) is 24.3 Å². The lowest BCUT2D eigenvalue weighted by molar-refractivity contribution is 0.602. The minimum absolute atomic E-state index is 0. The van der Waals surface area contributed by atoms with Gasteiger partial charge in [-0.2, -0.15) is 0 Å². The maximum atomic E-state index is 11.5. The van der Waals surface area contributed by atoms with Crippen LogP contribution < -0.4 is 10.6 Å². The predicted molar refractivity (Wildman–Crippen MR) is 116 cm³/mol. The first kappa shape index (κ1) is 21.9. The number of hydrogen-bond donors (Lipinski definition) is 2. The van der Waals surface area contributed by atoms with E-state index in [0.29, 0.717) is 4.90 Å². The van der Waals surface area contributed by atoms with Crippen LogP contribution >= 0.6 is 35.3 Å². The Kier molecular flexibility index (Phi) is 8.87. The summed E-state index contributed by atoms with van der Waals surface area (Å²) in [7, 11) is -1.39. The van der Waals surface area contributed by atoms with Crippen molar-refractivity contribution in [3.05, 3.63) is 52.2 Å². The first-order chi connectivity index (χ1) is 11.4. The van der Waals surface area contributed by atoms with E-state index in [2.05, 4.69) is 34.0 Å². The van der Waals surface area contributed by atoms with E-state index in [-0.39, 0.29) is 30.0 Å². The van der Waals surface area contributed by atoms with E-state index in [1.54, 1.807) is 30.5 Å². The van der Waals surface area contributed by atoms with E-state index >= 15 is 0 Å². The number of sulfone groups is 1. The fraction of sp³-hybridized carbons (Fsp3) is 0.353. The normalized spacial score (nSPS) is 13.0. The summed E-state index contributed by atoms with van der Waals surface area (Å²) < 4.78 is 22.9. The zero-order chi connectivity index (χ0) is 17.6. The van der Waals surface area contributed by atoms with Crippen molar-refractivity contribution >= 4 is 51.1 Å². The highest BCUT2D eigenvalue weighted by Gasteiger charge is 2.09. The molecule has 1 heterocycles. The summed E-state index contributed by atoms with van der Waals surface area (Å²) in [6.07, 6.45) is 2.01. The molecular formula is C17H24IN3O2S2. The number of nitrogens with zero attached hydrogens (tertiary/aromatic N) is 1. The van der Waals surface area contributed by atoms with E-state index in [1.165, 1.54) is 11.1 Å². The SMILES string of the molecule is CN=C(NCCc1ccc(S(C)(=O)=O)cc1)NC(C)c1cccs1.I. The Hall–Kier alpha value is -1.13. The van der Waals surface area contributed by atoms with Gasteiger partial charge in [-0.05, 0) is 42.5 Å². The molecule has 1 aromatic carbocycles. The third-order valence-electron chi connectivity index (χ3n) is 3.60. The molecule has 0 bridgehead atoms. The summed E-state index contributed by atoms with van der Waals surface area (Å²) >= 11 is 1.71. The smallest absolute Gasteiger partial charge is 0.191 e. The standard InChI is InChI=1S/C17H23N3O2S2.HI/c1-13(16-5-4-12-23-16)20-17(18-2)19-11-10-14-6-8-15(9-7-14)24(3,21)22;/h4-9,12-13H,10-11H2,1-3H3,(H2,18,19,20);1H. The highest BCUT2D eigenvalue weighted by atomic mass is 127. The van der Waals surface area contributed by atoms with E-state index < -0.39 is 9.84 Å². The molecule has 0 saturated heterocycles. The molecule has 0 fully saturated rings. The van der Waals surface area contributed by atoms with Crippen LogP contribution in [0.5, 0.6) is 0 Å². The first-order valence-corrected chi connectivity index (χ1v) is 10.5. The highest BCUT2D eigenvalue weighted by Crippen LogP contribution is 2.17. The van der Waals surface area contributed by atoms with Gasteiger partial charge in [0, 0.05) is 24.7 Å². The van der Waals surface area contributed by atoms with E-state index in [4.69, 9.17) is 0 Å². The summed E-state index contributed by atoms with van der Waals surface area (Å²) in [4.78, 5) is 5.84. The van der Waals surface area contributed by atoms with Gasteiger partial charge in [0.05, 0.1) is 10.9 Å². The minimum Gasteiger partial charge on any atom is -0.356 e. The number of nitrogens with one attached hydrogen (secondary N) is 2.